The molecule has 1 aromatic rings. The topological polar surface area (TPSA) is 8.81 Å². The Kier molecular flexibility index (Phi) is 16.5. The molecule has 0 aromatic carbocycles. The molecule has 2 nitrogen and oxygen atoms in total. The quantitative estimate of drug-likeness (QED) is 0.157. The molecule has 1 rings (SSSR count). The molecule has 1 heterocycles. The van der Waals surface area contributed by atoms with Crippen LogP contribution in [0.1, 0.15) is 130 Å². The molecule has 0 atom stereocenters. The van der Waals surface area contributed by atoms with Crippen LogP contribution in [0.25, 0.3) is 0 Å². The van der Waals surface area contributed by atoms with Gasteiger partial charge in [0.25, 0.3) is 0 Å². The van der Waals surface area contributed by atoms with Gasteiger partial charge in [-0.1, -0.05) is 104 Å². The number of nitrogens with zero attached hydrogens (tertiary/aromatic N) is 2. The molecule has 0 fully saturated rings. The van der Waals surface area contributed by atoms with Gasteiger partial charge < -0.3 is 0 Å². The van der Waals surface area contributed by atoms with Crippen LogP contribution in [0.3, 0.4) is 0 Å². The molecule has 0 bridgehead atoms. The first-order valence-electron chi connectivity index (χ1n) is 12.8. The molecule has 164 valence electrons. The van der Waals surface area contributed by atoms with E-state index in [0.717, 1.165) is 5.92 Å². The minimum absolute atomic E-state index is 0.876. The molecule has 0 N–H and O–H groups in total. The Labute approximate surface area is 177 Å². The number of aromatic nitrogens is 2. The van der Waals surface area contributed by atoms with E-state index >= 15 is 0 Å². The third-order valence-corrected chi connectivity index (χ3v) is 5.96. The van der Waals surface area contributed by atoms with E-state index in [1.807, 2.05) is 0 Å². The Hall–Kier alpha value is -0.790. The Balaban J connectivity index is 1.90. The fraction of sp³-hybridized carbons (Fsp3) is 0.885. The maximum Gasteiger partial charge on any atom is 0.243 e. The Bertz CT molecular complexity index is 435. The first kappa shape index (κ1) is 25.2. The molecule has 0 unspecified atom stereocenters. The number of hydrogen-bond donors (Lipinski definition) is 0. The lowest BCUT2D eigenvalue weighted by molar-refractivity contribution is -0.696. The van der Waals surface area contributed by atoms with Crippen LogP contribution in [0.15, 0.2) is 18.7 Å². The molecule has 0 aliphatic rings. The predicted molar refractivity (Wildman–Crippen MR) is 124 cm³/mol. The molecule has 0 aliphatic carbocycles. The minimum atomic E-state index is 0.876. The fourth-order valence-corrected chi connectivity index (χ4v) is 4.04. The van der Waals surface area contributed by atoms with Crippen molar-refractivity contribution in [2.45, 2.75) is 143 Å². The number of unbranched alkanes of at least 4 members (excludes halogenated alkanes) is 14. The van der Waals surface area contributed by atoms with Gasteiger partial charge in [0.2, 0.25) is 6.33 Å². The van der Waals surface area contributed by atoms with Crippen molar-refractivity contribution in [1.82, 2.24) is 4.57 Å². The summed E-state index contributed by atoms with van der Waals surface area (Å²) in [6.45, 7) is 9.35. The van der Waals surface area contributed by atoms with E-state index in [4.69, 9.17) is 0 Å². The summed E-state index contributed by atoms with van der Waals surface area (Å²) in [4.78, 5) is 0. The van der Waals surface area contributed by atoms with E-state index < -0.39 is 0 Å². The zero-order valence-corrected chi connectivity index (χ0v) is 19.6. The molecule has 0 amide bonds. The molecule has 0 aliphatic heterocycles. The van der Waals surface area contributed by atoms with E-state index in [1.165, 1.54) is 122 Å². The van der Waals surface area contributed by atoms with Gasteiger partial charge in [-0.15, -0.1) is 0 Å². The molecule has 2 heteroatoms. The van der Waals surface area contributed by atoms with Gasteiger partial charge in [0.15, 0.2) is 0 Å². The SMILES string of the molecule is CCCCCCCCCCCCn1cc[n+](CCCCCCCCC(C)C)c1. The summed E-state index contributed by atoms with van der Waals surface area (Å²) in [6, 6.07) is 0. The molecule has 0 saturated heterocycles. The summed E-state index contributed by atoms with van der Waals surface area (Å²) in [6.07, 6.45) is 30.8. The zero-order chi connectivity index (χ0) is 20.3. The Morgan fingerprint density at radius 2 is 1.21 bits per heavy atom. The third-order valence-electron chi connectivity index (χ3n) is 5.96. The number of aryl methyl sites for hydroxylation is 2. The number of rotatable bonds is 20. The Morgan fingerprint density at radius 3 is 1.82 bits per heavy atom. The van der Waals surface area contributed by atoms with Crippen molar-refractivity contribution in [3.8, 4) is 0 Å². The van der Waals surface area contributed by atoms with Crippen LogP contribution < -0.4 is 4.57 Å². The van der Waals surface area contributed by atoms with Crippen molar-refractivity contribution in [1.29, 1.82) is 0 Å². The van der Waals surface area contributed by atoms with Crippen LogP contribution in [0.2, 0.25) is 0 Å². The van der Waals surface area contributed by atoms with Gasteiger partial charge in [-0.25, -0.2) is 9.13 Å². The largest absolute Gasteiger partial charge is 0.243 e. The van der Waals surface area contributed by atoms with Gasteiger partial charge in [0, 0.05) is 0 Å². The second kappa shape index (κ2) is 18.3. The van der Waals surface area contributed by atoms with Gasteiger partial charge in [0.05, 0.1) is 13.1 Å². The van der Waals surface area contributed by atoms with Crippen molar-refractivity contribution in [3.63, 3.8) is 0 Å². The molecule has 1 aromatic heterocycles. The van der Waals surface area contributed by atoms with E-state index in [1.54, 1.807) is 0 Å². The van der Waals surface area contributed by atoms with E-state index in [9.17, 15) is 0 Å². The average molecular weight is 392 g/mol. The van der Waals surface area contributed by atoms with Crippen LogP contribution in [0.4, 0.5) is 0 Å². The summed E-state index contributed by atoms with van der Waals surface area (Å²) in [5, 5.41) is 0. The van der Waals surface area contributed by atoms with Crippen LogP contribution in [0, 0.1) is 5.92 Å². The molecular formula is C26H51N2+. The number of hydrogen-bond acceptors (Lipinski definition) is 0. The number of imidazole rings is 1. The van der Waals surface area contributed by atoms with E-state index in [-0.39, 0.29) is 0 Å². The van der Waals surface area contributed by atoms with Gasteiger partial charge >= 0.3 is 0 Å². The summed E-state index contributed by atoms with van der Waals surface area (Å²) in [5.41, 5.74) is 0. The second-order valence-electron chi connectivity index (χ2n) is 9.38. The highest BCUT2D eigenvalue weighted by atomic mass is 15.1. The highest BCUT2D eigenvalue weighted by molar-refractivity contribution is 4.66. The summed E-state index contributed by atoms with van der Waals surface area (Å²) in [7, 11) is 0. The van der Waals surface area contributed by atoms with Crippen LogP contribution >= 0.6 is 0 Å². The molecule has 0 saturated carbocycles. The molecule has 0 spiro atoms. The summed E-state index contributed by atoms with van der Waals surface area (Å²) < 4.78 is 4.77. The van der Waals surface area contributed by atoms with Crippen molar-refractivity contribution in [3.05, 3.63) is 18.7 Å². The van der Waals surface area contributed by atoms with Crippen molar-refractivity contribution >= 4 is 0 Å². The molecule has 0 radical (unpaired) electrons. The van der Waals surface area contributed by atoms with Gasteiger partial charge in [-0.05, 0) is 31.6 Å². The van der Waals surface area contributed by atoms with Gasteiger partial charge in [-0.3, -0.25) is 0 Å². The molecule has 28 heavy (non-hydrogen) atoms. The molecular weight excluding hydrogens is 340 g/mol. The lowest BCUT2D eigenvalue weighted by Gasteiger charge is -2.04. The lowest BCUT2D eigenvalue weighted by Crippen LogP contribution is -2.30. The van der Waals surface area contributed by atoms with Crippen molar-refractivity contribution in [2.75, 3.05) is 0 Å². The van der Waals surface area contributed by atoms with E-state index in [2.05, 4.69) is 48.6 Å². The maximum absolute atomic E-state index is 2.39. The highest BCUT2D eigenvalue weighted by Gasteiger charge is 2.03. The average Bonchev–Trinajstić information content (AvgIpc) is 3.13. The van der Waals surface area contributed by atoms with Crippen molar-refractivity contribution < 1.29 is 4.57 Å². The van der Waals surface area contributed by atoms with Gasteiger partial charge in [0.1, 0.15) is 12.4 Å². The van der Waals surface area contributed by atoms with Gasteiger partial charge in [-0.2, -0.15) is 0 Å². The maximum atomic E-state index is 2.39. The van der Waals surface area contributed by atoms with Crippen LogP contribution in [0.5, 0.6) is 0 Å². The summed E-state index contributed by atoms with van der Waals surface area (Å²) >= 11 is 0. The fourth-order valence-electron chi connectivity index (χ4n) is 4.04. The first-order valence-corrected chi connectivity index (χ1v) is 12.8. The predicted octanol–water partition coefficient (Wildman–Crippen LogP) is 8.08. The van der Waals surface area contributed by atoms with Crippen LogP contribution in [-0.2, 0) is 13.1 Å². The minimum Gasteiger partial charge on any atom is -0.237 e. The standard InChI is InChI=1S/C26H51N2/c1-4-5-6-7-8-9-10-12-15-18-21-27-23-24-28(25-27)22-19-16-13-11-14-17-20-26(2)3/h23-26H,4-22H2,1-3H3/q+1. The Morgan fingerprint density at radius 1 is 0.679 bits per heavy atom. The summed E-state index contributed by atoms with van der Waals surface area (Å²) in [5.74, 6) is 0.876. The smallest absolute Gasteiger partial charge is 0.237 e. The van der Waals surface area contributed by atoms with Crippen molar-refractivity contribution in [2.24, 2.45) is 5.92 Å². The third kappa shape index (κ3) is 15.2. The second-order valence-corrected chi connectivity index (χ2v) is 9.38. The van der Waals surface area contributed by atoms with Crippen LogP contribution in [-0.4, -0.2) is 4.57 Å². The monoisotopic (exact) mass is 391 g/mol. The lowest BCUT2D eigenvalue weighted by atomic mass is 10.0. The van der Waals surface area contributed by atoms with E-state index in [0.29, 0.717) is 0 Å². The zero-order valence-electron chi connectivity index (χ0n) is 19.6. The first-order chi connectivity index (χ1) is 13.7. The normalized spacial score (nSPS) is 11.6. The highest BCUT2D eigenvalue weighted by Crippen LogP contribution is 2.12.